The van der Waals surface area contributed by atoms with Gasteiger partial charge in [0.15, 0.2) is 0 Å². The summed E-state index contributed by atoms with van der Waals surface area (Å²) in [6, 6.07) is 8.31. The maximum absolute atomic E-state index is 3.52. The Morgan fingerprint density at radius 2 is 2.00 bits per heavy atom. The van der Waals surface area contributed by atoms with Crippen LogP contribution in [0.25, 0.3) is 6.08 Å². The van der Waals surface area contributed by atoms with Gasteiger partial charge in [0, 0.05) is 4.47 Å². The molecule has 0 saturated heterocycles. The zero-order valence-corrected chi connectivity index (χ0v) is 8.42. The van der Waals surface area contributed by atoms with Crippen LogP contribution in [-0.2, 0) is 0 Å². The molecule has 0 aromatic heterocycles. The summed E-state index contributed by atoms with van der Waals surface area (Å²) in [6.45, 7) is 0. The Kier molecular flexibility index (Phi) is 2.31. The SMILES string of the molecule is Brc1ccccc1/C=C/C1CC1. The van der Waals surface area contributed by atoms with E-state index in [-0.39, 0.29) is 0 Å². The normalized spacial score (nSPS) is 17.1. The largest absolute Gasteiger partial charge is 0.0808 e. The predicted octanol–water partition coefficient (Wildman–Crippen LogP) is 3.87. The Balaban J connectivity index is 2.15. The lowest BCUT2D eigenvalue weighted by Crippen LogP contribution is -1.73. The van der Waals surface area contributed by atoms with Gasteiger partial charge in [-0.25, -0.2) is 0 Å². The van der Waals surface area contributed by atoms with Gasteiger partial charge in [-0.3, -0.25) is 0 Å². The van der Waals surface area contributed by atoms with Crippen LogP contribution in [0.4, 0.5) is 0 Å². The number of benzene rings is 1. The molecule has 0 nitrogen and oxygen atoms in total. The van der Waals surface area contributed by atoms with Gasteiger partial charge >= 0.3 is 0 Å². The molecule has 0 heterocycles. The Morgan fingerprint density at radius 1 is 1.25 bits per heavy atom. The number of rotatable bonds is 2. The molecular formula is C11H11Br. The van der Waals surface area contributed by atoms with Crippen molar-refractivity contribution < 1.29 is 0 Å². The number of allylic oxidation sites excluding steroid dienone is 1. The zero-order chi connectivity index (χ0) is 8.39. The predicted molar refractivity (Wildman–Crippen MR) is 55.9 cm³/mol. The molecule has 62 valence electrons. The van der Waals surface area contributed by atoms with Gasteiger partial charge in [-0.1, -0.05) is 46.3 Å². The molecule has 1 aliphatic rings. The van der Waals surface area contributed by atoms with Crippen molar-refractivity contribution in [3.8, 4) is 0 Å². The Morgan fingerprint density at radius 3 is 2.67 bits per heavy atom. The molecule has 1 aromatic rings. The van der Waals surface area contributed by atoms with E-state index in [0.29, 0.717) is 0 Å². The highest BCUT2D eigenvalue weighted by Gasteiger charge is 2.16. The summed E-state index contributed by atoms with van der Waals surface area (Å²) >= 11 is 3.52. The number of halogens is 1. The third kappa shape index (κ3) is 1.98. The maximum atomic E-state index is 3.52. The minimum Gasteiger partial charge on any atom is -0.0808 e. The van der Waals surface area contributed by atoms with Crippen molar-refractivity contribution >= 4 is 22.0 Å². The van der Waals surface area contributed by atoms with Crippen LogP contribution in [0.1, 0.15) is 18.4 Å². The molecule has 1 aromatic carbocycles. The number of hydrogen-bond donors (Lipinski definition) is 0. The van der Waals surface area contributed by atoms with Crippen LogP contribution in [0, 0.1) is 5.92 Å². The van der Waals surface area contributed by atoms with Crippen LogP contribution in [-0.4, -0.2) is 0 Å². The summed E-state index contributed by atoms with van der Waals surface area (Å²) in [5.41, 5.74) is 1.28. The van der Waals surface area contributed by atoms with Crippen LogP contribution in [0.3, 0.4) is 0 Å². The second-order valence-electron chi connectivity index (χ2n) is 3.22. The van der Waals surface area contributed by atoms with Crippen LogP contribution in [0.2, 0.25) is 0 Å². The van der Waals surface area contributed by atoms with Gasteiger partial charge in [-0.05, 0) is 30.4 Å². The topological polar surface area (TPSA) is 0 Å². The highest BCUT2D eigenvalue weighted by atomic mass is 79.9. The molecule has 0 amide bonds. The van der Waals surface area contributed by atoms with Crippen molar-refractivity contribution in [2.24, 2.45) is 5.92 Å². The van der Waals surface area contributed by atoms with E-state index in [1.807, 2.05) is 6.07 Å². The summed E-state index contributed by atoms with van der Waals surface area (Å²) in [6.07, 6.45) is 7.27. The average Bonchev–Trinajstić information content (AvgIpc) is 2.86. The van der Waals surface area contributed by atoms with Gasteiger partial charge < -0.3 is 0 Å². The van der Waals surface area contributed by atoms with E-state index in [1.54, 1.807) is 0 Å². The molecule has 0 unspecified atom stereocenters. The zero-order valence-electron chi connectivity index (χ0n) is 6.83. The third-order valence-corrected chi connectivity index (χ3v) is 2.80. The standard InChI is InChI=1S/C11H11Br/c12-11-4-2-1-3-10(11)8-7-9-5-6-9/h1-4,7-9H,5-6H2/b8-7+. The minimum absolute atomic E-state index is 0.858. The molecule has 1 heteroatoms. The van der Waals surface area contributed by atoms with E-state index in [0.717, 1.165) is 5.92 Å². The van der Waals surface area contributed by atoms with Crippen molar-refractivity contribution in [2.45, 2.75) is 12.8 Å². The lowest BCUT2D eigenvalue weighted by Gasteiger charge is -1.95. The van der Waals surface area contributed by atoms with Crippen LogP contribution in [0.15, 0.2) is 34.8 Å². The van der Waals surface area contributed by atoms with Gasteiger partial charge in [0.25, 0.3) is 0 Å². The smallest absolute Gasteiger partial charge is 0.0247 e. The molecule has 1 saturated carbocycles. The van der Waals surface area contributed by atoms with E-state index in [4.69, 9.17) is 0 Å². The first-order valence-corrected chi connectivity index (χ1v) is 5.08. The Bertz CT molecular complexity index is 298. The van der Waals surface area contributed by atoms with E-state index >= 15 is 0 Å². The molecule has 1 fully saturated rings. The maximum Gasteiger partial charge on any atom is 0.0247 e. The minimum atomic E-state index is 0.858. The highest BCUT2D eigenvalue weighted by molar-refractivity contribution is 9.10. The van der Waals surface area contributed by atoms with Crippen LogP contribution in [0.5, 0.6) is 0 Å². The average molecular weight is 223 g/mol. The molecule has 0 spiro atoms. The lowest BCUT2D eigenvalue weighted by molar-refractivity contribution is 1.13. The summed E-state index contributed by atoms with van der Waals surface area (Å²) in [4.78, 5) is 0. The summed E-state index contributed by atoms with van der Waals surface area (Å²) < 4.78 is 1.18. The molecule has 0 bridgehead atoms. The molecule has 12 heavy (non-hydrogen) atoms. The monoisotopic (exact) mass is 222 g/mol. The molecule has 0 aliphatic heterocycles. The molecule has 2 rings (SSSR count). The van der Waals surface area contributed by atoms with Gasteiger partial charge in [0.05, 0.1) is 0 Å². The van der Waals surface area contributed by atoms with Crippen molar-refractivity contribution in [1.82, 2.24) is 0 Å². The first-order chi connectivity index (χ1) is 5.86. The second-order valence-corrected chi connectivity index (χ2v) is 4.07. The van der Waals surface area contributed by atoms with Gasteiger partial charge in [0.1, 0.15) is 0 Å². The fraction of sp³-hybridized carbons (Fsp3) is 0.273. The molecule has 1 aliphatic carbocycles. The van der Waals surface area contributed by atoms with Gasteiger partial charge in [0.2, 0.25) is 0 Å². The van der Waals surface area contributed by atoms with E-state index < -0.39 is 0 Å². The van der Waals surface area contributed by atoms with Crippen molar-refractivity contribution in [1.29, 1.82) is 0 Å². The highest BCUT2D eigenvalue weighted by Crippen LogP contribution is 2.31. The molecule has 0 N–H and O–H groups in total. The third-order valence-electron chi connectivity index (χ3n) is 2.08. The summed E-state index contributed by atoms with van der Waals surface area (Å²) in [7, 11) is 0. The van der Waals surface area contributed by atoms with E-state index in [2.05, 4.69) is 46.3 Å². The fourth-order valence-electron chi connectivity index (χ4n) is 1.14. The molecular weight excluding hydrogens is 212 g/mol. The van der Waals surface area contributed by atoms with E-state index in [9.17, 15) is 0 Å². The Labute approximate surface area is 81.4 Å². The van der Waals surface area contributed by atoms with Gasteiger partial charge in [-0.15, -0.1) is 0 Å². The van der Waals surface area contributed by atoms with Crippen LogP contribution < -0.4 is 0 Å². The van der Waals surface area contributed by atoms with Gasteiger partial charge in [-0.2, -0.15) is 0 Å². The summed E-state index contributed by atoms with van der Waals surface area (Å²) in [5, 5.41) is 0. The van der Waals surface area contributed by atoms with E-state index in [1.165, 1.54) is 22.9 Å². The molecule has 0 atom stereocenters. The number of hydrogen-bond acceptors (Lipinski definition) is 0. The Hall–Kier alpha value is -0.560. The van der Waals surface area contributed by atoms with Crippen molar-refractivity contribution in [3.05, 3.63) is 40.4 Å². The molecule has 0 radical (unpaired) electrons. The first-order valence-electron chi connectivity index (χ1n) is 4.29. The summed E-state index contributed by atoms with van der Waals surface area (Å²) in [5.74, 6) is 0.858. The van der Waals surface area contributed by atoms with Crippen LogP contribution >= 0.6 is 15.9 Å². The fourth-order valence-corrected chi connectivity index (χ4v) is 1.56. The lowest BCUT2D eigenvalue weighted by atomic mass is 10.2. The van der Waals surface area contributed by atoms with Crippen molar-refractivity contribution in [3.63, 3.8) is 0 Å². The second kappa shape index (κ2) is 3.44. The van der Waals surface area contributed by atoms with Crippen molar-refractivity contribution in [2.75, 3.05) is 0 Å². The quantitative estimate of drug-likeness (QED) is 0.713. The first kappa shape index (κ1) is 8.06.